The van der Waals surface area contributed by atoms with Crippen LogP contribution >= 0.6 is 0 Å². The SMILES string of the molecule is CC(C)C[C@H](NC(=O)[C@@H](NC(=O)[C@H](CCCCN)NC(=O)[C@H](CCCCN)NC(=O)[C@@H](N)C(C)C)C(C)C)C(=O)NCC(=O)N[C@@H](CC(N)=O)C(=O)N1CCC[C@H]1C(=O)O. The summed E-state index contributed by atoms with van der Waals surface area (Å²) in [5, 5.41) is 25.1. The molecule has 0 aromatic rings. The molecule has 0 bridgehead atoms. The van der Waals surface area contributed by atoms with Crippen molar-refractivity contribution in [1.82, 2.24) is 36.8 Å². The average molecular weight is 854 g/mol. The van der Waals surface area contributed by atoms with E-state index in [9.17, 15) is 48.3 Å². The molecule has 7 atom stereocenters. The molecule has 1 fully saturated rings. The number of carboxylic acids is 1. The van der Waals surface area contributed by atoms with Crippen molar-refractivity contribution in [1.29, 1.82) is 0 Å². The standard InChI is InChI=1S/C39H71N11O10/c1-21(2)18-26(33(53)44-20-30(52)45-27(19-29(42)51)38(58)50-17-11-14-28(50)39(59)60)48-37(57)32(23(5)6)49-35(55)25(13-8-10-16-41)46-34(54)24(12-7-9-15-40)47-36(56)31(43)22(3)4/h21-28,31-32H,7-20,40-41,43H2,1-6H3,(H2,42,51)(H,44,53)(H,45,52)(H,46,54)(H,47,56)(H,48,57)(H,49,55)(H,59,60)/t24-,25-,26-,27-,28-,31-,32-/m0/s1. The first-order valence-electron chi connectivity index (χ1n) is 20.9. The molecule has 0 radical (unpaired) electrons. The Morgan fingerprint density at radius 3 is 1.68 bits per heavy atom. The maximum absolute atomic E-state index is 13.8. The van der Waals surface area contributed by atoms with Crippen LogP contribution in [-0.2, 0) is 43.2 Å². The van der Waals surface area contributed by atoms with Gasteiger partial charge in [0.25, 0.3) is 0 Å². The van der Waals surface area contributed by atoms with E-state index in [1.54, 1.807) is 41.5 Å². The van der Waals surface area contributed by atoms with Gasteiger partial charge in [-0.25, -0.2) is 4.79 Å². The van der Waals surface area contributed by atoms with E-state index in [0.717, 1.165) is 4.90 Å². The zero-order chi connectivity index (χ0) is 45.7. The summed E-state index contributed by atoms with van der Waals surface area (Å²) in [7, 11) is 0. The molecule has 342 valence electrons. The Labute approximate surface area is 352 Å². The number of amides is 8. The van der Waals surface area contributed by atoms with Gasteiger partial charge in [-0.15, -0.1) is 0 Å². The van der Waals surface area contributed by atoms with Gasteiger partial charge in [-0.1, -0.05) is 41.5 Å². The molecular weight excluding hydrogens is 782 g/mol. The van der Waals surface area contributed by atoms with E-state index in [1.165, 1.54) is 0 Å². The summed E-state index contributed by atoms with van der Waals surface area (Å²) in [6.07, 6.45) is 2.67. The number of rotatable bonds is 28. The number of carboxylic acid groups (broad SMARTS) is 1. The lowest BCUT2D eigenvalue weighted by molar-refractivity contribution is -0.149. The molecule has 0 unspecified atom stereocenters. The molecule has 8 amide bonds. The Bertz CT molecular complexity index is 1480. The topological polar surface area (TPSA) is 353 Å². The number of hydrogen-bond acceptors (Lipinski definition) is 12. The van der Waals surface area contributed by atoms with E-state index in [0.29, 0.717) is 45.2 Å². The average Bonchev–Trinajstić information content (AvgIpc) is 3.67. The monoisotopic (exact) mass is 854 g/mol. The minimum absolute atomic E-state index is 0.111. The quantitative estimate of drug-likeness (QED) is 0.0361. The predicted molar refractivity (Wildman–Crippen MR) is 222 cm³/mol. The Kier molecular flexibility index (Phi) is 24.0. The highest BCUT2D eigenvalue weighted by Crippen LogP contribution is 2.19. The summed E-state index contributed by atoms with van der Waals surface area (Å²) < 4.78 is 0. The fourth-order valence-corrected chi connectivity index (χ4v) is 6.54. The van der Waals surface area contributed by atoms with E-state index >= 15 is 0 Å². The van der Waals surface area contributed by atoms with Gasteiger partial charge in [-0.3, -0.25) is 38.4 Å². The summed E-state index contributed by atoms with van der Waals surface area (Å²) in [6, 6.07) is -7.95. The molecule has 15 N–H and O–H groups in total. The first-order chi connectivity index (χ1) is 28.1. The summed E-state index contributed by atoms with van der Waals surface area (Å²) in [4.78, 5) is 118. The van der Waals surface area contributed by atoms with Gasteiger partial charge < -0.3 is 64.8 Å². The third kappa shape index (κ3) is 18.6. The van der Waals surface area contributed by atoms with Crippen LogP contribution in [0.3, 0.4) is 0 Å². The van der Waals surface area contributed by atoms with E-state index < -0.39 is 114 Å². The van der Waals surface area contributed by atoms with Gasteiger partial charge in [0.1, 0.15) is 36.3 Å². The van der Waals surface area contributed by atoms with Crippen molar-refractivity contribution in [2.24, 2.45) is 40.7 Å². The number of unbranched alkanes of at least 4 members (excludes halogenated alkanes) is 2. The van der Waals surface area contributed by atoms with Gasteiger partial charge in [-0.2, -0.15) is 0 Å². The lowest BCUT2D eigenvalue weighted by Crippen LogP contribution is -2.60. The number of primary amides is 1. The van der Waals surface area contributed by atoms with E-state index in [-0.39, 0.29) is 44.1 Å². The van der Waals surface area contributed by atoms with Crippen molar-refractivity contribution in [2.45, 2.75) is 148 Å². The maximum Gasteiger partial charge on any atom is 0.326 e. The molecule has 21 nitrogen and oxygen atoms in total. The lowest BCUT2D eigenvalue weighted by atomic mass is 9.99. The maximum atomic E-state index is 13.8. The normalized spacial score (nSPS) is 16.9. The van der Waals surface area contributed by atoms with E-state index in [1.807, 2.05) is 0 Å². The third-order valence-electron chi connectivity index (χ3n) is 10.1. The highest BCUT2D eigenvalue weighted by molar-refractivity contribution is 5.97. The molecule has 0 aromatic carbocycles. The van der Waals surface area contributed by atoms with Crippen molar-refractivity contribution in [3.63, 3.8) is 0 Å². The number of nitrogens with two attached hydrogens (primary N) is 4. The first kappa shape index (κ1) is 53.1. The molecule has 0 aliphatic carbocycles. The number of hydrogen-bond donors (Lipinski definition) is 11. The van der Waals surface area contributed by atoms with Crippen LogP contribution in [0.4, 0.5) is 0 Å². The molecule has 1 saturated heterocycles. The summed E-state index contributed by atoms with van der Waals surface area (Å²) in [5.41, 5.74) is 22.7. The molecule has 21 heteroatoms. The van der Waals surface area contributed by atoms with Crippen LogP contribution in [0.15, 0.2) is 0 Å². The molecule has 1 heterocycles. The molecule has 0 saturated carbocycles. The fraction of sp³-hybridized carbons (Fsp3) is 0.769. The number of carbonyl (C=O) groups is 9. The second kappa shape index (κ2) is 27.1. The van der Waals surface area contributed by atoms with Crippen LogP contribution in [0, 0.1) is 17.8 Å². The van der Waals surface area contributed by atoms with Gasteiger partial charge in [0.05, 0.1) is 19.0 Å². The number of nitrogens with zero attached hydrogens (tertiary/aromatic N) is 1. The van der Waals surface area contributed by atoms with Crippen LogP contribution in [0.5, 0.6) is 0 Å². The molecule has 1 aliphatic rings. The highest BCUT2D eigenvalue weighted by Gasteiger charge is 2.39. The Balaban J connectivity index is 3.16. The largest absolute Gasteiger partial charge is 0.480 e. The Morgan fingerprint density at radius 2 is 1.20 bits per heavy atom. The smallest absolute Gasteiger partial charge is 0.326 e. The third-order valence-corrected chi connectivity index (χ3v) is 10.1. The van der Waals surface area contributed by atoms with Crippen molar-refractivity contribution in [3.05, 3.63) is 0 Å². The highest BCUT2D eigenvalue weighted by atomic mass is 16.4. The van der Waals surface area contributed by atoms with Crippen molar-refractivity contribution >= 4 is 53.2 Å². The Morgan fingerprint density at radius 1 is 0.667 bits per heavy atom. The van der Waals surface area contributed by atoms with Crippen molar-refractivity contribution in [2.75, 3.05) is 26.2 Å². The minimum atomic E-state index is -1.47. The second-order valence-corrected chi connectivity index (χ2v) is 16.4. The van der Waals surface area contributed by atoms with E-state index in [4.69, 9.17) is 22.9 Å². The van der Waals surface area contributed by atoms with Gasteiger partial charge in [0, 0.05) is 6.54 Å². The van der Waals surface area contributed by atoms with Crippen molar-refractivity contribution < 1.29 is 48.3 Å². The van der Waals surface area contributed by atoms with Crippen molar-refractivity contribution in [3.8, 4) is 0 Å². The fourth-order valence-electron chi connectivity index (χ4n) is 6.54. The second-order valence-electron chi connectivity index (χ2n) is 16.4. The summed E-state index contributed by atoms with van der Waals surface area (Å²) in [6.45, 7) is 10.7. The molecule has 0 spiro atoms. The van der Waals surface area contributed by atoms with E-state index in [2.05, 4.69) is 31.9 Å². The van der Waals surface area contributed by atoms with Crippen LogP contribution in [0.2, 0.25) is 0 Å². The Hall–Kier alpha value is -4.89. The lowest BCUT2D eigenvalue weighted by Gasteiger charge is -2.29. The summed E-state index contributed by atoms with van der Waals surface area (Å²) in [5.74, 6) is -7.91. The molecule has 1 rings (SSSR count). The van der Waals surface area contributed by atoms with Gasteiger partial charge in [0.15, 0.2) is 0 Å². The van der Waals surface area contributed by atoms with Crippen LogP contribution in [-0.4, -0.2) is 132 Å². The van der Waals surface area contributed by atoms with Crippen LogP contribution in [0.1, 0.15) is 106 Å². The molecular formula is C39H71N11O10. The molecule has 0 aromatic heterocycles. The number of nitrogens with one attached hydrogen (secondary N) is 6. The number of aliphatic carboxylic acids is 1. The van der Waals surface area contributed by atoms with Crippen LogP contribution in [0.25, 0.3) is 0 Å². The predicted octanol–water partition coefficient (Wildman–Crippen LogP) is -2.58. The first-order valence-corrected chi connectivity index (χ1v) is 20.9. The molecule has 1 aliphatic heterocycles. The van der Waals surface area contributed by atoms with Gasteiger partial charge in [0.2, 0.25) is 47.3 Å². The summed E-state index contributed by atoms with van der Waals surface area (Å²) >= 11 is 0. The minimum Gasteiger partial charge on any atom is -0.480 e. The number of likely N-dealkylation sites (tertiary alicyclic amines) is 1. The van der Waals surface area contributed by atoms with Gasteiger partial charge in [-0.05, 0) is 88.6 Å². The molecule has 60 heavy (non-hydrogen) atoms. The zero-order valence-electron chi connectivity index (χ0n) is 36.1. The van der Waals surface area contributed by atoms with Crippen LogP contribution < -0.4 is 54.8 Å². The number of carbonyl (C=O) groups excluding carboxylic acids is 8. The zero-order valence-corrected chi connectivity index (χ0v) is 36.1. The van der Waals surface area contributed by atoms with Gasteiger partial charge >= 0.3 is 5.97 Å².